The number of rotatable bonds is 4. The fraction of sp³-hybridized carbons (Fsp3) is 0.650. The lowest BCUT2D eigenvalue weighted by Gasteiger charge is -2.39. The van der Waals surface area contributed by atoms with Gasteiger partial charge in [-0.3, -0.25) is 18.7 Å². The van der Waals surface area contributed by atoms with Gasteiger partial charge in [-0.1, -0.05) is 6.92 Å². The Bertz CT molecular complexity index is 1050. The number of fused-ring (bicyclic) bond motifs is 2. The van der Waals surface area contributed by atoms with E-state index in [0.717, 1.165) is 23.8 Å². The van der Waals surface area contributed by atoms with Gasteiger partial charge in [0.25, 0.3) is 11.5 Å². The van der Waals surface area contributed by atoms with Crippen LogP contribution in [0.2, 0.25) is 0 Å². The molecule has 9 heteroatoms. The molecule has 2 aromatic rings. The van der Waals surface area contributed by atoms with Crippen molar-refractivity contribution < 1.29 is 14.3 Å². The number of carbonyl (C=O) groups excluding carboxylic acids is 1. The van der Waals surface area contributed by atoms with Gasteiger partial charge in [-0.15, -0.1) is 0 Å². The minimum Gasteiger partial charge on any atom is -0.373 e. The minimum atomic E-state index is -0.405. The van der Waals surface area contributed by atoms with Crippen molar-refractivity contribution in [3.05, 3.63) is 32.6 Å². The summed E-state index contributed by atoms with van der Waals surface area (Å²) in [4.78, 5) is 38.1. The number of nitrogens with one attached hydrogen (secondary N) is 1. The first-order valence-electron chi connectivity index (χ1n) is 10.3. The summed E-state index contributed by atoms with van der Waals surface area (Å²) in [6.07, 6.45) is 3.28. The first-order chi connectivity index (χ1) is 13.9. The van der Waals surface area contributed by atoms with Crippen LogP contribution in [0.1, 0.15) is 43.1 Å². The lowest BCUT2D eigenvalue weighted by atomic mass is 9.89. The van der Waals surface area contributed by atoms with Gasteiger partial charge in [-0.05, 0) is 31.7 Å². The molecule has 0 radical (unpaired) electrons. The molecule has 1 aliphatic carbocycles. The topological polar surface area (TPSA) is 96.5 Å². The molecule has 1 saturated carbocycles. The van der Waals surface area contributed by atoms with Crippen molar-refractivity contribution in [3.8, 4) is 0 Å². The molecule has 2 aliphatic rings. The number of hydrogen-bond donors (Lipinski definition) is 1. The highest BCUT2D eigenvalue weighted by atomic mass is 16.6. The van der Waals surface area contributed by atoms with Gasteiger partial charge in [0.15, 0.2) is 0 Å². The maximum Gasteiger partial charge on any atom is 0.332 e. The van der Waals surface area contributed by atoms with Crippen molar-refractivity contribution in [1.82, 2.24) is 19.0 Å². The smallest absolute Gasteiger partial charge is 0.332 e. The van der Waals surface area contributed by atoms with E-state index < -0.39 is 5.69 Å². The van der Waals surface area contributed by atoms with Crippen LogP contribution < -0.4 is 16.6 Å². The molecule has 3 heterocycles. The third-order valence-electron chi connectivity index (χ3n) is 5.99. The van der Waals surface area contributed by atoms with Crippen molar-refractivity contribution >= 4 is 16.9 Å². The second-order valence-corrected chi connectivity index (χ2v) is 7.93. The monoisotopic (exact) mass is 404 g/mol. The number of amides is 1. The van der Waals surface area contributed by atoms with Gasteiger partial charge < -0.3 is 19.4 Å². The summed E-state index contributed by atoms with van der Waals surface area (Å²) in [5.41, 5.74) is 0.0962. The van der Waals surface area contributed by atoms with E-state index >= 15 is 0 Å². The number of nitrogens with zero attached hydrogens (tertiary/aromatic N) is 3. The second-order valence-electron chi connectivity index (χ2n) is 7.93. The summed E-state index contributed by atoms with van der Waals surface area (Å²) in [7, 11) is 3.07. The number of aromatic nitrogens is 3. The Balaban J connectivity index is 1.66. The molecule has 3 atom stereocenters. The summed E-state index contributed by atoms with van der Waals surface area (Å²) >= 11 is 0. The highest BCUT2D eigenvalue weighted by molar-refractivity contribution is 5.98. The summed E-state index contributed by atoms with van der Waals surface area (Å²) in [5.74, 6) is -0.232. The Morgan fingerprint density at radius 3 is 2.59 bits per heavy atom. The summed E-state index contributed by atoms with van der Waals surface area (Å²) < 4.78 is 15.8. The van der Waals surface area contributed by atoms with E-state index in [-0.39, 0.29) is 29.7 Å². The van der Waals surface area contributed by atoms with Crippen LogP contribution in [0.3, 0.4) is 0 Å². The van der Waals surface area contributed by atoms with E-state index in [1.807, 2.05) is 6.92 Å². The molecule has 1 amide bonds. The summed E-state index contributed by atoms with van der Waals surface area (Å²) in [6, 6.07) is 1.60. The van der Waals surface area contributed by atoms with Crippen molar-refractivity contribution in [2.24, 2.45) is 14.1 Å². The van der Waals surface area contributed by atoms with Crippen molar-refractivity contribution in [3.63, 3.8) is 0 Å². The summed E-state index contributed by atoms with van der Waals surface area (Å²) in [5, 5.41) is 3.48. The molecule has 158 valence electrons. The van der Waals surface area contributed by atoms with Crippen LogP contribution >= 0.6 is 0 Å². The number of aryl methyl sites for hydroxylation is 2. The van der Waals surface area contributed by atoms with E-state index in [9.17, 15) is 14.4 Å². The van der Waals surface area contributed by atoms with Crippen molar-refractivity contribution in [2.75, 3.05) is 13.2 Å². The van der Waals surface area contributed by atoms with Crippen LogP contribution in [-0.2, 0) is 30.1 Å². The zero-order valence-corrected chi connectivity index (χ0v) is 17.1. The standard InChI is InChI=1S/C20H28N4O5/c1-4-7-24-14(11-13-18(24)22(2)20(27)23(3)19(13)26)17(25)21-12-5-6-15-16(10-12)29-9-8-28-15/h11-12,15-16H,4-10H2,1-3H3,(H,21,25). The zero-order valence-electron chi connectivity index (χ0n) is 17.1. The molecular formula is C20H28N4O5. The Hall–Kier alpha value is -2.39. The van der Waals surface area contributed by atoms with E-state index in [1.54, 1.807) is 17.7 Å². The molecule has 1 aliphatic heterocycles. The third kappa shape index (κ3) is 3.42. The van der Waals surface area contributed by atoms with Gasteiger partial charge in [0, 0.05) is 26.7 Å². The maximum absolute atomic E-state index is 13.1. The maximum atomic E-state index is 13.1. The van der Waals surface area contributed by atoms with E-state index in [1.165, 1.54) is 11.6 Å². The fourth-order valence-electron chi connectivity index (χ4n) is 4.54. The predicted octanol–water partition coefficient (Wildman–Crippen LogP) is 0.515. The fourth-order valence-corrected chi connectivity index (χ4v) is 4.54. The Morgan fingerprint density at radius 1 is 1.14 bits per heavy atom. The van der Waals surface area contributed by atoms with Crippen molar-refractivity contribution in [2.45, 2.75) is 57.4 Å². The van der Waals surface area contributed by atoms with Crippen LogP contribution in [0.25, 0.3) is 11.0 Å². The van der Waals surface area contributed by atoms with Crippen LogP contribution in [0.15, 0.2) is 15.7 Å². The van der Waals surface area contributed by atoms with Crippen LogP contribution in [0.5, 0.6) is 0 Å². The number of hydrogen-bond acceptors (Lipinski definition) is 5. The number of ether oxygens (including phenoxy) is 2. The van der Waals surface area contributed by atoms with Gasteiger partial charge in [-0.2, -0.15) is 0 Å². The molecule has 4 rings (SSSR count). The minimum absolute atomic E-state index is 0.00908. The molecule has 2 aromatic heterocycles. The summed E-state index contributed by atoms with van der Waals surface area (Å²) in [6.45, 7) is 3.75. The van der Waals surface area contributed by atoms with Crippen LogP contribution in [0, 0.1) is 0 Å². The van der Waals surface area contributed by atoms with Gasteiger partial charge in [0.2, 0.25) is 0 Å². The predicted molar refractivity (Wildman–Crippen MR) is 107 cm³/mol. The average Bonchev–Trinajstić information content (AvgIpc) is 3.10. The molecule has 9 nitrogen and oxygen atoms in total. The Kier molecular flexibility index (Phi) is 5.35. The normalized spacial score (nSPS) is 24.4. The van der Waals surface area contributed by atoms with Crippen LogP contribution in [-0.4, -0.2) is 51.1 Å². The first kappa shape index (κ1) is 19.9. The largest absolute Gasteiger partial charge is 0.373 e. The molecule has 3 unspecified atom stereocenters. The third-order valence-corrected chi connectivity index (χ3v) is 5.99. The van der Waals surface area contributed by atoms with Gasteiger partial charge in [-0.25, -0.2) is 4.79 Å². The van der Waals surface area contributed by atoms with E-state index in [2.05, 4.69) is 5.32 Å². The first-order valence-corrected chi connectivity index (χ1v) is 10.3. The van der Waals surface area contributed by atoms with Gasteiger partial charge in [0.1, 0.15) is 11.3 Å². The Morgan fingerprint density at radius 2 is 1.86 bits per heavy atom. The van der Waals surface area contributed by atoms with E-state index in [0.29, 0.717) is 42.9 Å². The lowest BCUT2D eigenvalue weighted by Crippen LogP contribution is -2.49. The molecule has 0 aromatic carbocycles. The average molecular weight is 404 g/mol. The molecule has 29 heavy (non-hydrogen) atoms. The highest BCUT2D eigenvalue weighted by Crippen LogP contribution is 2.27. The number of carbonyl (C=O) groups is 1. The molecular weight excluding hydrogens is 376 g/mol. The van der Waals surface area contributed by atoms with Gasteiger partial charge >= 0.3 is 5.69 Å². The lowest BCUT2D eigenvalue weighted by molar-refractivity contribution is -0.157. The van der Waals surface area contributed by atoms with Crippen LogP contribution in [0.4, 0.5) is 0 Å². The van der Waals surface area contributed by atoms with Gasteiger partial charge in [0.05, 0.1) is 30.8 Å². The van der Waals surface area contributed by atoms with Crippen molar-refractivity contribution in [1.29, 1.82) is 0 Å². The molecule has 1 N–H and O–H groups in total. The zero-order chi connectivity index (χ0) is 20.7. The Labute approximate surface area is 168 Å². The SMILES string of the molecule is CCCn1c(C(=O)NC2CCC3OCCOC3C2)cc2c(=O)n(C)c(=O)n(C)c21. The molecule has 0 bridgehead atoms. The molecule has 2 fully saturated rings. The quantitative estimate of drug-likeness (QED) is 0.801. The molecule has 0 spiro atoms. The highest BCUT2D eigenvalue weighted by Gasteiger charge is 2.35. The van der Waals surface area contributed by atoms with E-state index in [4.69, 9.17) is 9.47 Å². The second kappa shape index (κ2) is 7.79. The molecule has 1 saturated heterocycles.